The lowest BCUT2D eigenvalue weighted by Crippen LogP contribution is -2.59. The summed E-state index contributed by atoms with van der Waals surface area (Å²) >= 11 is 0. The first-order valence-electron chi connectivity index (χ1n) is 10.2. The number of nitrogens with one attached hydrogen (secondary N) is 1. The van der Waals surface area contributed by atoms with E-state index in [1.165, 1.54) is 38.5 Å². The molecule has 0 unspecified atom stereocenters. The Morgan fingerprint density at radius 2 is 1.73 bits per heavy atom. The fourth-order valence-corrected chi connectivity index (χ4v) is 6.13. The van der Waals surface area contributed by atoms with Crippen LogP contribution in [0, 0.1) is 17.8 Å². The molecule has 1 aromatic heterocycles. The van der Waals surface area contributed by atoms with Gasteiger partial charge in [-0.3, -0.25) is 4.79 Å². The molecular formula is C21H28N2O3. The maximum absolute atomic E-state index is 12.8. The highest BCUT2D eigenvalue weighted by Gasteiger charge is 2.51. The Balaban J connectivity index is 1.23. The maximum atomic E-state index is 12.8. The number of carbonyl (C=O) groups excluding carboxylic acids is 1. The smallest absolute Gasteiger partial charge is 0.253 e. The summed E-state index contributed by atoms with van der Waals surface area (Å²) in [4.78, 5) is 17.2. The molecule has 4 bridgehead atoms. The molecule has 2 heterocycles. The molecule has 0 radical (unpaired) electrons. The van der Waals surface area contributed by atoms with Crippen LogP contribution in [0.1, 0.15) is 61.7 Å². The number of nitrogens with zero attached hydrogens (tertiary/aromatic N) is 1. The van der Waals surface area contributed by atoms with Gasteiger partial charge in [0.05, 0.1) is 18.8 Å². The summed E-state index contributed by atoms with van der Waals surface area (Å²) < 4.78 is 11.3. The molecule has 1 amide bonds. The lowest BCUT2D eigenvalue weighted by atomic mass is 9.53. The second-order valence-corrected chi connectivity index (χ2v) is 8.97. The van der Waals surface area contributed by atoms with E-state index in [0.29, 0.717) is 11.4 Å². The quantitative estimate of drug-likeness (QED) is 0.899. The van der Waals surface area contributed by atoms with Crippen LogP contribution in [0.15, 0.2) is 18.3 Å². The predicted octanol–water partition coefficient (Wildman–Crippen LogP) is 3.34. The molecular weight excluding hydrogens is 328 g/mol. The Morgan fingerprint density at radius 3 is 2.31 bits per heavy atom. The highest BCUT2D eigenvalue weighted by Crippen LogP contribution is 2.55. The summed E-state index contributed by atoms with van der Waals surface area (Å²) in [5.74, 6) is 3.11. The van der Waals surface area contributed by atoms with Crippen molar-refractivity contribution >= 4 is 5.91 Å². The normalized spacial score (nSPS) is 36.1. The summed E-state index contributed by atoms with van der Waals surface area (Å²) in [5, 5.41) is 3.41. The zero-order chi connectivity index (χ0) is 17.6. The molecule has 6 rings (SSSR count). The molecule has 26 heavy (non-hydrogen) atoms. The van der Waals surface area contributed by atoms with Crippen molar-refractivity contribution in [2.24, 2.45) is 17.8 Å². The van der Waals surface area contributed by atoms with E-state index in [1.807, 2.05) is 12.1 Å². The van der Waals surface area contributed by atoms with Crippen LogP contribution in [-0.2, 0) is 4.74 Å². The SMILES string of the molecule is O=C(NC12CC3CC(CC(C3)C1)C2)c1ccc(OC2CCOCC2)nc1. The van der Waals surface area contributed by atoms with Crippen LogP contribution in [0.2, 0.25) is 0 Å². The van der Waals surface area contributed by atoms with E-state index in [1.54, 1.807) is 6.20 Å². The summed E-state index contributed by atoms with van der Waals surface area (Å²) in [6.45, 7) is 1.49. The second-order valence-electron chi connectivity index (χ2n) is 8.97. The summed E-state index contributed by atoms with van der Waals surface area (Å²) in [7, 11) is 0. The van der Waals surface area contributed by atoms with Crippen molar-refractivity contribution in [3.05, 3.63) is 23.9 Å². The van der Waals surface area contributed by atoms with E-state index in [9.17, 15) is 4.79 Å². The van der Waals surface area contributed by atoms with Crippen LogP contribution in [0.5, 0.6) is 5.88 Å². The van der Waals surface area contributed by atoms with Gasteiger partial charge in [-0.2, -0.15) is 0 Å². The van der Waals surface area contributed by atoms with Gasteiger partial charge in [0.25, 0.3) is 5.91 Å². The molecule has 5 aliphatic rings. The number of amides is 1. The van der Waals surface area contributed by atoms with Crippen molar-refractivity contribution in [3.63, 3.8) is 0 Å². The number of rotatable bonds is 4. The Bertz CT molecular complexity index is 631. The van der Waals surface area contributed by atoms with E-state index in [-0.39, 0.29) is 17.6 Å². The lowest BCUT2D eigenvalue weighted by molar-refractivity contribution is -0.0167. The molecule has 1 saturated heterocycles. The minimum absolute atomic E-state index is 0.0251. The number of hydrogen-bond acceptors (Lipinski definition) is 4. The van der Waals surface area contributed by atoms with E-state index in [0.717, 1.165) is 43.8 Å². The number of ether oxygens (including phenoxy) is 2. The third kappa shape index (κ3) is 3.22. The van der Waals surface area contributed by atoms with Crippen molar-refractivity contribution in [3.8, 4) is 5.88 Å². The molecule has 1 N–H and O–H groups in total. The Kier molecular flexibility index (Phi) is 4.15. The lowest BCUT2D eigenvalue weighted by Gasteiger charge is -2.56. The third-order valence-electron chi connectivity index (χ3n) is 6.87. The monoisotopic (exact) mass is 356 g/mol. The van der Waals surface area contributed by atoms with E-state index < -0.39 is 0 Å². The summed E-state index contributed by atoms with van der Waals surface area (Å²) in [5.41, 5.74) is 0.684. The van der Waals surface area contributed by atoms with Gasteiger partial charge < -0.3 is 14.8 Å². The summed E-state index contributed by atoms with van der Waals surface area (Å²) in [6.07, 6.45) is 11.3. The molecule has 0 aromatic carbocycles. The number of carbonyl (C=O) groups is 1. The Labute approximate surface area is 154 Å². The average Bonchev–Trinajstić information content (AvgIpc) is 2.61. The largest absolute Gasteiger partial charge is 0.474 e. The van der Waals surface area contributed by atoms with Gasteiger partial charge in [-0.15, -0.1) is 0 Å². The second kappa shape index (κ2) is 6.52. The van der Waals surface area contributed by atoms with Crippen molar-refractivity contribution < 1.29 is 14.3 Å². The fourth-order valence-electron chi connectivity index (χ4n) is 6.13. The molecule has 5 nitrogen and oxygen atoms in total. The fraction of sp³-hybridized carbons (Fsp3) is 0.714. The molecule has 5 fully saturated rings. The van der Waals surface area contributed by atoms with Crippen LogP contribution in [-0.4, -0.2) is 35.7 Å². The van der Waals surface area contributed by atoms with Gasteiger partial charge in [0.15, 0.2) is 0 Å². The molecule has 0 atom stereocenters. The van der Waals surface area contributed by atoms with Crippen LogP contribution < -0.4 is 10.1 Å². The van der Waals surface area contributed by atoms with Gasteiger partial charge >= 0.3 is 0 Å². The molecule has 4 aliphatic carbocycles. The third-order valence-corrected chi connectivity index (χ3v) is 6.87. The van der Waals surface area contributed by atoms with Crippen LogP contribution in [0.25, 0.3) is 0 Å². The zero-order valence-corrected chi connectivity index (χ0v) is 15.3. The standard InChI is InChI=1S/C21H28N2O3/c24-20(23-21-10-14-7-15(11-21)9-16(8-14)12-21)17-1-2-19(22-13-17)26-18-3-5-25-6-4-18/h1-2,13-16,18H,3-12H2,(H,23,24). The first-order chi connectivity index (χ1) is 12.7. The first-order valence-corrected chi connectivity index (χ1v) is 10.2. The molecule has 1 aromatic rings. The maximum Gasteiger partial charge on any atom is 0.253 e. The van der Waals surface area contributed by atoms with Gasteiger partial charge in [0.1, 0.15) is 6.10 Å². The number of hydrogen-bond donors (Lipinski definition) is 1. The average molecular weight is 356 g/mol. The van der Waals surface area contributed by atoms with Crippen molar-refractivity contribution in [2.45, 2.75) is 63.0 Å². The molecule has 5 heteroatoms. The summed E-state index contributed by atoms with van der Waals surface area (Å²) in [6, 6.07) is 3.67. The molecule has 0 spiro atoms. The van der Waals surface area contributed by atoms with Crippen LogP contribution in [0.4, 0.5) is 0 Å². The van der Waals surface area contributed by atoms with Crippen LogP contribution in [0.3, 0.4) is 0 Å². The predicted molar refractivity (Wildman–Crippen MR) is 97.1 cm³/mol. The van der Waals surface area contributed by atoms with Gasteiger partial charge in [-0.05, 0) is 62.3 Å². The van der Waals surface area contributed by atoms with E-state index in [4.69, 9.17) is 9.47 Å². The highest BCUT2D eigenvalue weighted by molar-refractivity contribution is 5.94. The van der Waals surface area contributed by atoms with Crippen molar-refractivity contribution in [1.82, 2.24) is 10.3 Å². The molecule has 1 aliphatic heterocycles. The number of aromatic nitrogens is 1. The topological polar surface area (TPSA) is 60.5 Å². The zero-order valence-electron chi connectivity index (χ0n) is 15.3. The van der Waals surface area contributed by atoms with E-state index in [2.05, 4.69) is 10.3 Å². The van der Waals surface area contributed by atoms with Crippen molar-refractivity contribution in [2.75, 3.05) is 13.2 Å². The molecule has 4 saturated carbocycles. The van der Waals surface area contributed by atoms with Gasteiger partial charge in [0.2, 0.25) is 5.88 Å². The van der Waals surface area contributed by atoms with Crippen molar-refractivity contribution in [1.29, 1.82) is 0 Å². The minimum Gasteiger partial charge on any atom is -0.474 e. The Hall–Kier alpha value is -1.62. The van der Waals surface area contributed by atoms with Gasteiger partial charge in [0, 0.05) is 30.6 Å². The minimum atomic E-state index is 0.0251. The first kappa shape index (κ1) is 16.5. The van der Waals surface area contributed by atoms with Gasteiger partial charge in [-0.25, -0.2) is 4.98 Å². The highest BCUT2D eigenvalue weighted by atomic mass is 16.5. The number of pyridine rings is 1. The van der Waals surface area contributed by atoms with E-state index >= 15 is 0 Å². The van der Waals surface area contributed by atoms with Crippen LogP contribution >= 0.6 is 0 Å². The van der Waals surface area contributed by atoms with Gasteiger partial charge in [-0.1, -0.05) is 0 Å². The molecule has 140 valence electrons. The Morgan fingerprint density at radius 1 is 1.08 bits per heavy atom.